The molecule has 3 rings (SSSR count). The lowest BCUT2D eigenvalue weighted by atomic mass is 9.98. The van der Waals surface area contributed by atoms with Crippen LogP contribution in [0.4, 0.5) is 13.2 Å². The second-order valence-corrected chi connectivity index (χ2v) is 5.95. The van der Waals surface area contributed by atoms with Crippen molar-refractivity contribution in [2.45, 2.75) is 25.1 Å². The summed E-state index contributed by atoms with van der Waals surface area (Å²) in [6.45, 7) is 1.28. The molecular formula is C15H17F3N2O. The van der Waals surface area contributed by atoms with Gasteiger partial charge in [0.2, 0.25) is 0 Å². The Labute approximate surface area is 120 Å². The van der Waals surface area contributed by atoms with Crippen molar-refractivity contribution in [3.8, 4) is 0 Å². The third-order valence-corrected chi connectivity index (χ3v) is 4.66. The summed E-state index contributed by atoms with van der Waals surface area (Å²) in [5.41, 5.74) is 5.59. The fourth-order valence-electron chi connectivity index (χ4n) is 3.46. The minimum absolute atomic E-state index is 0.139. The molecule has 114 valence electrons. The second kappa shape index (κ2) is 5.02. The van der Waals surface area contributed by atoms with Crippen LogP contribution in [0, 0.1) is 11.8 Å². The molecule has 0 spiro atoms. The highest BCUT2D eigenvalue weighted by Crippen LogP contribution is 2.37. The summed E-state index contributed by atoms with van der Waals surface area (Å²) in [7, 11) is 0. The number of fused-ring (bicyclic) bond motifs is 1. The molecule has 2 N–H and O–H groups in total. The normalized spacial score (nSPS) is 28.8. The highest BCUT2D eigenvalue weighted by molar-refractivity contribution is 5.94. The third-order valence-electron chi connectivity index (χ3n) is 4.66. The topological polar surface area (TPSA) is 46.3 Å². The molecule has 1 aliphatic carbocycles. The van der Waals surface area contributed by atoms with Crippen LogP contribution in [0.2, 0.25) is 0 Å². The van der Waals surface area contributed by atoms with E-state index in [9.17, 15) is 18.0 Å². The number of benzene rings is 1. The average Bonchev–Trinajstić information content (AvgIpc) is 3.00. The summed E-state index contributed by atoms with van der Waals surface area (Å²) < 4.78 is 37.5. The van der Waals surface area contributed by atoms with Crippen molar-refractivity contribution in [1.82, 2.24) is 4.90 Å². The summed E-state index contributed by atoms with van der Waals surface area (Å²) in [4.78, 5) is 14.1. The molecule has 0 aromatic heterocycles. The van der Waals surface area contributed by atoms with E-state index in [1.54, 1.807) is 4.90 Å². The van der Waals surface area contributed by atoms with Gasteiger partial charge in [-0.3, -0.25) is 4.79 Å². The molecule has 3 atom stereocenters. The Kier molecular flexibility index (Phi) is 3.43. The lowest BCUT2D eigenvalue weighted by Gasteiger charge is -2.19. The van der Waals surface area contributed by atoms with Gasteiger partial charge >= 0.3 is 6.18 Å². The molecule has 21 heavy (non-hydrogen) atoms. The van der Waals surface area contributed by atoms with E-state index in [1.807, 2.05) is 0 Å². The molecule has 3 nitrogen and oxygen atoms in total. The molecule has 0 radical (unpaired) electrons. The Morgan fingerprint density at radius 2 is 1.81 bits per heavy atom. The third kappa shape index (κ3) is 2.64. The number of likely N-dealkylation sites (tertiary alicyclic amines) is 1. The number of carbonyl (C=O) groups excluding carboxylic acids is 1. The number of nitrogens with two attached hydrogens (primary N) is 1. The molecule has 1 saturated heterocycles. The predicted molar refractivity (Wildman–Crippen MR) is 71.5 cm³/mol. The zero-order valence-corrected chi connectivity index (χ0v) is 11.4. The summed E-state index contributed by atoms with van der Waals surface area (Å²) in [5, 5.41) is 0. The van der Waals surface area contributed by atoms with Crippen LogP contribution in [0.5, 0.6) is 0 Å². The van der Waals surface area contributed by atoms with Gasteiger partial charge in [0.05, 0.1) is 5.56 Å². The van der Waals surface area contributed by atoms with Gasteiger partial charge in [0.1, 0.15) is 0 Å². The summed E-state index contributed by atoms with van der Waals surface area (Å²) in [6.07, 6.45) is -2.35. The standard InChI is InChI=1S/C15H17F3N2O/c16-15(17,18)11-4-1-9(2-5-11)14(21)20-7-10-3-6-13(19)12(10)8-20/h1-2,4-5,10,12-13H,3,6-8,19H2. The first-order valence-electron chi connectivity index (χ1n) is 7.08. The first-order chi connectivity index (χ1) is 9.86. The molecule has 2 fully saturated rings. The minimum atomic E-state index is -4.38. The van der Waals surface area contributed by atoms with Gasteiger partial charge in [-0.1, -0.05) is 0 Å². The fourth-order valence-corrected chi connectivity index (χ4v) is 3.46. The first kappa shape index (κ1) is 14.4. The van der Waals surface area contributed by atoms with Gasteiger partial charge in [0.15, 0.2) is 0 Å². The molecule has 1 saturated carbocycles. The zero-order chi connectivity index (χ0) is 15.2. The Bertz CT molecular complexity index is 541. The SMILES string of the molecule is NC1CCC2CN(C(=O)c3ccc(C(F)(F)F)cc3)CC12. The van der Waals surface area contributed by atoms with Gasteiger partial charge in [-0.2, -0.15) is 13.2 Å². The molecule has 1 aromatic rings. The molecular weight excluding hydrogens is 281 g/mol. The molecule has 1 heterocycles. The predicted octanol–water partition coefficient (Wildman–Crippen LogP) is 2.51. The number of carbonyl (C=O) groups is 1. The van der Waals surface area contributed by atoms with E-state index in [-0.39, 0.29) is 11.9 Å². The Hall–Kier alpha value is -1.56. The largest absolute Gasteiger partial charge is 0.416 e. The molecule has 1 aromatic carbocycles. The van der Waals surface area contributed by atoms with Gasteiger partial charge in [-0.05, 0) is 48.9 Å². The molecule has 3 unspecified atom stereocenters. The van der Waals surface area contributed by atoms with E-state index in [4.69, 9.17) is 5.73 Å². The van der Waals surface area contributed by atoms with E-state index in [0.717, 1.165) is 25.0 Å². The monoisotopic (exact) mass is 298 g/mol. The van der Waals surface area contributed by atoms with Crippen molar-refractivity contribution in [1.29, 1.82) is 0 Å². The van der Waals surface area contributed by atoms with E-state index in [0.29, 0.717) is 30.5 Å². The highest BCUT2D eigenvalue weighted by Gasteiger charge is 2.42. The lowest BCUT2D eigenvalue weighted by molar-refractivity contribution is -0.137. The van der Waals surface area contributed by atoms with Crippen molar-refractivity contribution >= 4 is 5.91 Å². The van der Waals surface area contributed by atoms with Gasteiger partial charge in [-0.15, -0.1) is 0 Å². The lowest BCUT2D eigenvalue weighted by Crippen LogP contribution is -2.33. The van der Waals surface area contributed by atoms with E-state index in [1.165, 1.54) is 12.1 Å². The van der Waals surface area contributed by atoms with Gasteiger partial charge in [0, 0.05) is 24.7 Å². The fraction of sp³-hybridized carbons (Fsp3) is 0.533. The van der Waals surface area contributed by atoms with Crippen molar-refractivity contribution in [2.75, 3.05) is 13.1 Å². The first-order valence-corrected chi connectivity index (χ1v) is 7.08. The summed E-state index contributed by atoms with van der Waals surface area (Å²) in [6, 6.07) is 4.55. The van der Waals surface area contributed by atoms with Crippen molar-refractivity contribution in [3.63, 3.8) is 0 Å². The molecule has 2 aliphatic rings. The Morgan fingerprint density at radius 1 is 1.14 bits per heavy atom. The van der Waals surface area contributed by atoms with Crippen LogP contribution >= 0.6 is 0 Å². The van der Waals surface area contributed by atoms with E-state index in [2.05, 4.69) is 0 Å². The summed E-state index contributed by atoms with van der Waals surface area (Å²) in [5.74, 6) is 0.576. The average molecular weight is 298 g/mol. The molecule has 1 aliphatic heterocycles. The van der Waals surface area contributed by atoms with Crippen molar-refractivity contribution in [2.24, 2.45) is 17.6 Å². The number of hydrogen-bond acceptors (Lipinski definition) is 2. The maximum Gasteiger partial charge on any atom is 0.416 e. The number of hydrogen-bond donors (Lipinski definition) is 1. The van der Waals surface area contributed by atoms with Crippen LogP contribution in [-0.4, -0.2) is 29.9 Å². The smallest absolute Gasteiger partial charge is 0.338 e. The Balaban J connectivity index is 1.72. The highest BCUT2D eigenvalue weighted by atomic mass is 19.4. The maximum absolute atomic E-state index is 12.5. The van der Waals surface area contributed by atoms with Crippen LogP contribution in [0.3, 0.4) is 0 Å². The van der Waals surface area contributed by atoms with Gasteiger partial charge in [0.25, 0.3) is 5.91 Å². The quantitative estimate of drug-likeness (QED) is 0.866. The number of nitrogens with zero attached hydrogens (tertiary/aromatic N) is 1. The van der Waals surface area contributed by atoms with Crippen LogP contribution in [0.25, 0.3) is 0 Å². The van der Waals surface area contributed by atoms with Crippen LogP contribution in [0.1, 0.15) is 28.8 Å². The number of alkyl halides is 3. The minimum Gasteiger partial charge on any atom is -0.338 e. The van der Waals surface area contributed by atoms with E-state index >= 15 is 0 Å². The summed E-state index contributed by atoms with van der Waals surface area (Å²) >= 11 is 0. The van der Waals surface area contributed by atoms with Crippen LogP contribution < -0.4 is 5.73 Å². The van der Waals surface area contributed by atoms with Crippen molar-refractivity contribution in [3.05, 3.63) is 35.4 Å². The zero-order valence-electron chi connectivity index (χ0n) is 11.4. The Morgan fingerprint density at radius 3 is 2.38 bits per heavy atom. The number of halogens is 3. The van der Waals surface area contributed by atoms with Crippen LogP contribution in [0.15, 0.2) is 24.3 Å². The van der Waals surface area contributed by atoms with E-state index < -0.39 is 11.7 Å². The van der Waals surface area contributed by atoms with Crippen LogP contribution in [-0.2, 0) is 6.18 Å². The van der Waals surface area contributed by atoms with Gasteiger partial charge < -0.3 is 10.6 Å². The number of rotatable bonds is 1. The molecule has 0 bridgehead atoms. The second-order valence-electron chi connectivity index (χ2n) is 5.95. The molecule has 6 heteroatoms. The molecule has 1 amide bonds. The maximum atomic E-state index is 12.5. The van der Waals surface area contributed by atoms with Crippen molar-refractivity contribution < 1.29 is 18.0 Å². The van der Waals surface area contributed by atoms with Gasteiger partial charge in [-0.25, -0.2) is 0 Å². The number of amides is 1.